The van der Waals surface area contributed by atoms with Gasteiger partial charge >= 0.3 is 0 Å². The highest BCUT2D eigenvalue weighted by molar-refractivity contribution is 7.00. The predicted molar refractivity (Wildman–Crippen MR) is 606 cm³/mol. The van der Waals surface area contributed by atoms with Crippen molar-refractivity contribution in [2.24, 2.45) is 59.6 Å². The molecule has 0 radical (unpaired) electrons. The summed E-state index contributed by atoms with van der Waals surface area (Å²) in [4.78, 5) is 5.13. The zero-order valence-corrected chi connectivity index (χ0v) is 90.1. The van der Waals surface area contributed by atoms with E-state index >= 15 is 0 Å². The first-order chi connectivity index (χ1) is 66.4. The number of hydrogen-bond donors (Lipinski definition) is 0. The maximum absolute atomic E-state index is 11.5. The summed E-state index contributed by atoms with van der Waals surface area (Å²) in [6.07, 6.45) is 0.834. The lowest BCUT2D eigenvalue weighted by Gasteiger charge is -2.46. The van der Waals surface area contributed by atoms with Gasteiger partial charge < -0.3 is 18.9 Å². The van der Waals surface area contributed by atoms with Crippen molar-refractivity contribution >= 4 is 101 Å². The fourth-order valence-corrected chi connectivity index (χ4v) is 22.4. The van der Waals surface area contributed by atoms with Crippen LogP contribution in [0.2, 0.25) is 0 Å². The van der Waals surface area contributed by atoms with Gasteiger partial charge in [-0.05, 0) is 339 Å². The number of benzene rings is 13. The summed E-state index contributed by atoms with van der Waals surface area (Å²) in [6.45, 7) is 73.5. The molecule has 5 heteroatoms. The Labute approximate surface area is 840 Å². The van der Waals surface area contributed by atoms with Crippen LogP contribution in [-0.2, 0) is 70.5 Å². The fourth-order valence-electron chi connectivity index (χ4n) is 22.4. The number of aromatic nitrogens is 2. The van der Waals surface area contributed by atoms with Crippen LogP contribution < -0.4 is 26.2 Å². The topological polar surface area (TPSA) is 16.3 Å². The van der Waals surface area contributed by atoms with Gasteiger partial charge in [-0.15, -0.1) is 0 Å². The Morgan fingerprint density at radius 3 is 0.659 bits per heavy atom. The van der Waals surface area contributed by atoms with Crippen molar-refractivity contribution in [3.05, 3.63) is 304 Å². The number of rotatable bonds is 19. The third-order valence-corrected chi connectivity index (χ3v) is 26.4. The summed E-state index contributed by atoms with van der Waals surface area (Å²) in [5.41, 5.74) is 29.8. The standard InChI is InChI=1S/C133H161BN4/c1-123(2,3)74-85-38-34-42-96(58-85)102-66-93(82-131(25,26)27)67-103(97-43-35-39-86(59-97)75-124(4,5)6)121(102)137-116-72-100(135-112-54-46-89(78-127(13,14)15)62-106(112)107-63-90(47-55-113(107)135)79-128(16,17)18)50-52-110(116)134-111-53-51-101(136-114-56-48-91(80-129(19,20)21)64-108(114)109-65-92(49-57-115(109)136)81-130(22,23)24)73-117(111)138(119-71-95(84-133(31,32)33)70-118(137)120(119)134)122-104(98-44-36-40-87(60-98)76-125(7,8)9)68-94(83-132(28,29)30)69-105(122)99-45-37-41-88(61-99)77-126(10,11)12/h34-73H,74-84H2,1-33H3/i82D2,83D2,84D2. The van der Waals surface area contributed by atoms with Gasteiger partial charge in [0.1, 0.15) is 0 Å². The van der Waals surface area contributed by atoms with Gasteiger partial charge in [-0.1, -0.05) is 362 Å². The van der Waals surface area contributed by atoms with Gasteiger partial charge in [0.05, 0.1) is 33.4 Å². The first-order valence-electron chi connectivity index (χ1n) is 54.4. The predicted octanol–water partition coefficient (Wildman–Crippen LogP) is 36.1. The molecule has 0 unspecified atom stereocenters. The van der Waals surface area contributed by atoms with Crippen molar-refractivity contribution in [3.8, 4) is 55.9 Å². The summed E-state index contributed by atoms with van der Waals surface area (Å²) in [5, 5.41) is 4.77. The van der Waals surface area contributed by atoms with Gasteiger partial charge in [-0.2, -0.15) is 0 Å². The summed E-state index contributed by atoms with van der Waals surface area (Å²) in [6, 6.07) is 93.0. The molecule has 2 aliphatic heterocycles. The minimum atomic E-state index is -2.07. The Bertz CT molecular complexity index is 6770. The molecule has 716 valence electrons. The van der Waals surface area contributed by atoms with Gasteiger partial charge in [0.2, 0.25) is 0 Å². The molecule has 0 bridgehead atoms. The second-order valence-corrected chi connectivity index (χ2v) is 54.3. The molecular weight excluding hydrogens is 1660 g/mol. The smallest absolute Gasteiger partial charge is 0.252 e. The van der Waals surface area contributed by atoms with Crippen LogP contribution in [0.5, 0.6) is 0 Å². The molecule has 138 heavy (non-hydrogen) atoms. The summed E-state index contributed by atoms with van der Waals surface area (Å²) >= 11 is 0. The molecule has 4 nitrogen and oxygen atoms in total. The highest BCUT2D eigenvalue weighted by Gasteiger charge is 2.47. The van der Waals surface area contributed by atoms with E-state index in [-0.39, 0.29) is 43.3 Å². The van der Waals surface area contributed by atoms with Crippen LogP contribution in [0.4, 0.5) is 34.1 Å². The third kappa shape index (κ3) is 22.3. The van der Waals surface area contributed by atoms with E-state index in [4.69, 9.17) is 0 Å². The van der Waals surface area contributed by atoms with Crippen molar-refractivity contribution in [2.45, 2.75) is 299 Å². The normalized spacial score (nSPS) is 14.8. The molecule has 4 heterocycles. The molecule has 2 aliphatic rings. The first kappa shape index (κ1) is 90.9. The molecule has 0 amide bonds. The van der Waals surface area contributed by atoms with E-state index in [1.165, 1.54) is 43.8 Å². The molecule has 0 N–H and O–H groups in total. The average Bonchev–Trinajstić information content (AvgIpc) is 0.763. The molecule has 15 aromatic rings. The molecule has 0 atom stereocenters. The Balaban J connectivity index is 1.13. The summed E-state index contributed by atoms with van der Waals surface area (Å²) in [5.74, 6) is 0. The molecule has 13 aromatic carbocycles. The van der Waals surface area contributed by atoms with Gasteiger partial charge in [-0.25, -0.2) is 0 Å². The van der Waals surface area contributed by atoms with E-state index < -0.39 is 42.1 Å². The van der Waals surface area contributed by atoms with Crippen LogP contribution in [0.15, 0.2) is 243 Å². The van der Waals surface area contributed by atoms with E-state index in [1.807, 2.05) is 62.3 Å². The Morgan fingerprint density at radius 2 is 0.435 bits per heavy atom. The lowest BCUT2D eigenvalue weighted by atomic mass is 9.33. The maximum atomic E-state index is 11.5. The number of anilines is 6. The second kappa shape index (κ2) is 35.7. The van der Waals surface area contributed by atoms with E-state index in [9.17, 15) is 8.22 Å². The molecule has 0 saturated heterocycles. The van der Waals surface area contributed by atoms with Crippen LogP contribution in [0.3, 0.4) is 0 Å². The molecule has 0 spiro atoms. The lowest BCUT2D eigenvalue weighted by molar-refractivity contribution is 0.410. The van der Waals surface area contributed by atoms with Gasteiger partial charge in [-0.3, -0.25) is 0 Å². The highest BCUT2D eigenvalue weighted by Crippen LogP contribution is 2.57. The number of fused-ring (bicyclic) bond motifs is 10. The Hall–Kier alpha value is -10.9. The zero-order chi connectivity index (χ0) is 105. The molecular formula is C133H161BN4. The van der Waals surface area contributed by atoms with Crippen LogP contribution in [0.25, 0.3) is 99.5 Å². The SMILES string of the molecule is [2H]C([2H])(c1cc(-c2cccc(CC(C)(C)C)c2)c(N2c3cc(-n4c5ccc(CC(C)(C)C)cc5c5cc(CC(C)(C)C)ccc54)ccc3B3c4ccc(-n5c6ccc(CC(C)(C)C)cc6c6cc(CC(C)(C)C)ccc65)cc4N(c4c(-c5cccc(CC(C)(C)C)c5)cc(C([2H])([2H])C(C)(C)C)cc4-c4cccc(CC(C)(C)C)c4)c4cc(C([2H])([2H])C(C)(C)C)cc2c43)c(-c2cccc(CC(C)(C)C)c2)c1)C(C)(C)C. The van der Waals surface area contributed by atoms with Crippen molar-refractivity contribution in [1.29, 1.82) is 0 Å². The lowest BCUT2D eigenvalue weighted by Crippen LogP contribution is -2.61. The molecule has 2 aromatic heterocycles. The molecule has 0 aliphatic carbocycles. The Kier molecular flexibility index (Phi) is 23.5. The fraction of sp³-hybridized carbons (Fsp3) is 0.414. The maximum Gasteiger partial charge on any atom is 0.252 e. The monoisotopic (exact) mass is 1830 g/mol. The minimum Gasteiger partial charge on any atom is -0.310 e. The Morgan fingerprint density at radius 1 is 0.210 bits per heavy atom. The zero-order valence-electron chi connectivity index (χ0n) is 96.1. The second-order valence-electron chi connectivity index (χ2n) is 54.3. The van der Waals surface area contributed by atoms with Gasteiger partial charge in [0.25, 0.3) is 6.71 Å². The largest absolute Gasteiger partial charge is 0.310 e. The van der Waals surface area contributed by atoms with E-state index in [1.54, 1.807) is 0 Å². The molecule has 0 saturated carbocycles. The van der Waals surface area contributed by atoms with Crippen LogP contribution in [-0.4, -0.2) is 15.8 Å². The van der Waals surface area contributed by atoms with Crippen LogP contribution >= 0.6 is 0 Å². The van der Waals surface area contributed by atoms with Crippen LogP contribution in [0.1, 0.15) is 298 Å². The van der Waals surface area contributed by atoms with Crippen molar-refractivity contribution < 1.29 is 8.22 Å². The van der Waals surface area contributed by atoms with E-state index in [0.29, 0.717) is 16.7 Å². The summed E-state index contributed by atoms with van der Waals surface area (Å²) < 4.78 is 71.2. The molecule has 0 fully saturated rings. The van der Waals surface area contributed by atoms with Crippen LogP contribution in [0, 0.1) is 59.6 Å². The quantitative estimate of drug-likeness (QED) is 0.0750. The van der Waals surface area contributed by atoms with E-state index in [0.717, 1.165) is 202 Å². The number of hydrogen-bond acceptors (Lipinski definition) is 2. The highest BCUT2D eigenvalue weighted by atomic mass is 15.2. The third-order valence-electron chi connectivity index (χ3n) is 26.4. The van der Waals surface area contributed by atoms with Crippen molar-refractivity contribution in [3.63, 3.8) is 0 Å². The first-order valence-corrected chi connectivity index (χ1v) is 51.4. The van der Waals surface area contributed by atoms with Gasteiger partial charge in [0.15, 0.2) is 0 Å². The average molecular weight is 1830 g/mol. The number of nitrogens with zero attached hydrogens (tertiary/aromatic N) is 4. The van der Waals surface area contributed by atoms with E-state index in [2.05, 4.69) is 428 Å². The summed E-state index contributed by atoms with van der Waals surface area (Å²) in [7, 11) is 0. The minimum absolute atomic E-state index is 0.0175. The van der Waals surface area contributed by atoms with Crippen molar-refractivity contribution in [1.82, 2.24) is 9.13 Å². The molecule has 17 rings (SSSR count). The van der Waals surface area contributed by atoms with Crippen molar-refractivity contribution in [2.75, 3.05) is 9.80 Å². The van der Waals surface area contributed by atoms with Gasteiger partial charge in [0, 0.05) is 86.1 Å².